The van der Waals surface area contributed by atoms with Gasteiger partial charge in [0.15, 0.2) is 11.5 Å². The van der Waals surface area contributed by atoms with Gasteiger partial charge in [-0.05, 0) is 47.5 Å². The smallest absolute Gasteiger partial charge is 0.291 e. The number of amides is 2. The molecule has 1 heterocycles. The molecule has 150 valence electrons. The third-order valence-electron chi connectivity index (χ3n) is 4.62. The van der Waals surface area contributed by atoms with Gasteiger partial charge in [-0.25, -0.2) is 0 Å². The van der Waals surface area contributed by atoms with E-state index in [1.165, 1.54) is 0 Å². The Kier molecular flexibility index (Phi) is 5.48. The highest BCUT2D eigenvalue weighted by Crippen LogP contribution is 2.32. The van der Waals surface area contributed by atoms with Crippen LogP contribution in [0.4, 0.5) is 5.69 Å². The number of anilines is 1. The second-order valence-electron chi connectivity index (χ2n) is 6.72. The summed E-state index contributed by atoms with van der Waals surface area (Å²) in [4.78, 5) is 24.9. The van der Waals surface area contributed by atoms with Crippen molar-refractivity contribution in [3.8, 4) is 11.5 Å². The maximum Gasteiger partial charge on any atom is 0.291 e. The van der Waals surface area contributed by atoms with Gasteiger partial charge in [-0.1, -0.05) is 42.5 Å². The predicted molar refractivity (Wildman–Crippen MR) is 114 cm³/mol. The van der Waals surface area contributed by atoms with Crippen LogP contribution in [0.3, 0.4) is 0 Å². The molecular formula is C24H20N2O4. The molecule has 0 spiro atoms. The minimum Gasteiger partial charge on any atom is -0.497 e. The SMILES string of the molecule is COc1cccc(CNC(=O)c2ccc3c(c2)NC(=O)C(=Cc2ccccc2)O3)c1. The molecule has 0 saturated heterocycles. The zero-order chi connectivity index (χ0) is 20.9. The first kappa shape index (κ1) is 19.3. The maximum atomic E-state index is 12.5. The Hall–Kier alpha value is -4.06. The number of benzene rings is 3. The van der Waals surface area contributed by atoms with Crippen LogP contribution in [0, 0.1) is 0 Å². The number of nitrogens with one attached hydrogen (secondary N) is 2. The fraction of sp³-hybridized carbons (Fsp3) is 0.0833. The molecule has 0 radical (unpaired) electrons. The summed E-state index contributed by atoms with van der Waals surface area (Å²) in [7, 11) is 1.60. The van der Waals surface area contributed by atoms with E-state index in [1.54, 1.807) is 31.4 Å². The van der Waals surface area contributed by atoms with Crippen LogP contribution in [0.1, 0.15) is 21.5 Å². The minimum absolute atomic E-state index is 0.198. The predicted octanol–water partition coefficient (Wildman–Crippen LogP) is 4.00. The summed E-state index contributed by atoms with van der Waals surface area (Å²) in [6.45, 7) is 0.361. The summed E-state index contributed by atoms with van der Waals surface area (Å²) in [5.74, 6) is 0.806. The molecule has 1 aliphatic heterocycles. The highest BCUT2D eigenvalue weighted by molar-refractivity contribution is 6.09. The summed E-state index contributed by atoms with van der Waals surface area (Å²) in [5.41, 5.74) is 2.67. The van der Waals surface area contributed by atoms with E-state index in [9.17, 15) is 9.59 Å². The Bertz CT molecular complexity index is 1120. The molecule has 3 aromatic rings. The normalized spacial score (nSPS) is 13.8. The molecule has 0 atom stereocenters. The molecule has 6 heteroatoms. The Morgan fingerprint density at radius 2 is 1.90 bits per heavy atom. The van der Waals surface area contributed by atoms with Crippen molar-refractivity contribution in [1.82, 2.24) is 5.32 Å². The van der Waals surface area contributed by atoms with Crippen LogP contribution in [0.25, 0.3) is 6.08 Å². The zero-order valence-electron chi connectivity index (χ0n) is 16.3. The topological polar surface area (TPSA) is 76.7 Å². The molecule has 0 aliphatic carbocycles. The summed E-state index contributed by atoms with van der Waals surface area (Å²) < 4.78 is 10.9. The lowest BCUT2D eigenvalue weighted by Gasteiger charge is -2.20. The average molecular weight is 400 g/mol. The molecule has 3 aromatic carbocycles. The molecule has 1 aliphatic rings. The van der Waals surface area contributed by atoms with Crippen LogP contribution in [-0.2, 0) is 11.3 Å². The lowest BCUT2D eigenvalue weighted by atomic mass is 10.1. The molecule has 0 bridgehead atoms. The number of fused-ring (bicyclic) bond motifs is 1. The Balaban J connectivity index is 1.46. The summed E-state index contributed by atoms with van der Waals surface area (Å²) in [6, 6.07) is 21.9. The highest BCUT2D eigenvalue weighted by Gasteiger charge is 2.23. The van der Waals surface area contributed by atoms with E-state index in [4.69, 9.17) is 9.47 Å². The van der Waals surface area contributed by atoms with E-state index in [0.717, 1.165) is 16.9 Å². The van der Waals surface area contributed by atoms with E-state index in [-0.39, 0.29) is 17.6 Å². The number of rotatable bonds is 5. The molecule has 0 aromatic heterocycles. The number of ether oxygens (including phenoxy) is 2. The quantitative estimate of drug-likeness (QED) is 0.635. The van der Waals surface area contributed by atoms with Crippen molar-refractivity contribution in [3.05, 3.63) is 95.2 Å². The first-order chi connectivity index (χ1) is 14.6. The van der Waals surface area contributed by atoms with Crippen LogP contribution in [-0.4, -0.2) is 18.9 Å². The highest BCUT2D eigenvalue weighted by atomic mass is 16.5. The van der Waals surface area contributed by atoms with Gasteiger partial charge in [0.05, 0.1) is 12.8 Å². The van der Waals surface area contributed by atoms with Crippen LogP contribution >= 0.6 is 0 Å². The monoisotopic (exact) mass is 400 g/mol. The van der Waals surface area contributed by atoms with Gasteiger partial charge in [-0.15, -0.1) is 0 Å². The standard InChI is InChI=1S/C24H20N2O4/c1-29-19-9-5-8-17(12-19)15-25-23(27)18-10-11-21-20(14-18)26-24(28)22(30-21)13-16-6-3-2-4-7-16/h2-14H,15H2,1H3,(H,25,27)(H,26,28). The van der Waals surface area contributed by atoms with E-state index < -0.39 is 0 Å². The van der Waals surface area contributed by atoms with Crippen LogP contribution < -0.4 is 20.1 Å². The molecule has 2 amide bonds. The Morgan fingerprint density at radius 3 is 2.70 bits per heavy atom. The molecule has 0 unspecified atom stereocenters. The molecule has 2 N–H and O–H groups in total. The van der Waals surface area contributed by atoms with Crippen LogP contribution in [0.5, 0.6) is 11.5 Å². The van der Waals surface area contributed by atoms with Crippen molar-refractivity contribution in [2.24, 2.45) is 0 Å². The number of hydrogen-bond donors (Lipinski definition) is 2. The second-order valence-corrected chi connectivity index (χ2v) is 6.72. The number of hydrogen-bond acceptors (Lipinski definition) is 4. The van der Waals surface area contributed by atoms with Crippen LogP contribution in [0.15, 0.2) is 78.6 Å². The fourth-order valence-corrected chi connectivity index (χ4v) is 3.07. The van der Waals surface area contributed by atoms with Crippen molar-refractivity contribution in [3.63, 3.8) is 0 Å². The van der Waals surface area contributed by atoms with Gasteiger partial charge in [0.25, 0.3) is 11.8 Å². The van der Waals surface area contributed by atoms with Crippen molar-refractivity contribution < 1.29 is 19.1 Å². The minimum atomic E-state index is -0.361. The van der Waals surface area contributed by atoms with Gasteiger partial charge < -0.3 is 20.1 Å². The van der Waals surface area contributed by atoms with Crippen molar-refractivity contribution in [2.45, 2.75) is 6.54 Å². The Labute approximate surface area is 174 Å². The maximum absolute atomic E-state index is 12.5. The molecule has 0 saturated carbocycles. The van der Waals surface area contributed by atoms with Crippen LogP contribution in [0.2, 0.25) is 0 Å². The first-order valence-corrected chi connectivity index (χ1v) is 9.43. The summed E-state index contributed by atoms with van der Waals surface area (Å²) >= 11 is 0. The van der Waals surface area contributed by atoms with Crippen molar-refractivity contribution in [2.75, 3.05) is 12.4 Å². The summed E-state index contributed by atoms with van der Waals surface area (Å²) in [5, 5.41) is 5.65. The van der Waals surface area contributed by atoms with Gasteiger partial charge in [-0.3, -0.25) is 9.59 Å². The van der Waals surface area contributed by atoms with Crippen molar-refractivity contribution >= 4 is 23.6 Å². The second kappa shape index (κ2) is 8.53. The van der Waals surface area contributed by atoms with E-state index in [0.29, 0.717) is 23.5 Å². The van der Waals surface area contributed by atoms with Gasteiger partial charge in [0.1, 0.15) is 5.75 Å². The number of carbonyl (C=O) groups is 2. The van der Waals surface area contributed by atoms with Gasteiger partial charge in [0, 0.05) is 12.1 Å². The van der Waals surface area contributed by atoms with E-state index in [2.05, 4.69) is 10.6 Å². The average Bonchev–Trinajstić information content (AvgIpc) is 2.78. The van der Waals surface area contributed by atoms with E-state index >= 15 is 0 Å². The third-order valence-corrected chi connectivity index (χ3v) is 4.62. The molecule has 4 rings (SSSR count). The molecule has 6 nitrogen and oxygen atoms in total. The summed E-state index contributed by atoms with van der Waals surface area (Å²) in [6.07, 6.45) is 1.67. The molecule has 0 fully saturated rings. The zero-order valence-corrected chi connectivity index (χ0v) is 16.3. The largest absolute Gasteiger partial charge is 0.497 e. The van der Waals surface area contributed by atoms with Gasteiger partial charge >= 0.3 is 0 Å². The lowest BCUT2D eigenvalue weighted by molar-refractivity contribution is -0.115. The fourth-order valence-electron chi connectivity index (χ4n) is 3.07. The lowest BCUT2D eigenvalue weighted by Crippen LogP contribution is -2.25. The Morgan fingerprint density at radius 1 is 1.07 bits per heavy atom. The molecular weight excluding hydrogens is 380 g/mol. The first-order valence-electron chi connectivity index (χ1n) is 9.43. The van der Waals surface area contributed by atoms with Crippen molar-refractivity contribution in [1.29, 1.82) is 0 Å². The third kappa shape index (κ3) is 4.33. The van der Waals surface area contributed by atoms with Gasteiger partial charge in [0.2, 0.25) is 0 Å². The van der Waals surface area contributed by atoms with Gasteiger partial charge in [-0.2, -0.15) is 0 Å². The number of carbonyl (C=O) groups excluding carboxylic acids is 2. The molecule has 30 heavy (non-hydrogen) atoms. The number of methoxy groups -OCH3 is 1. The van der Waals surface area contributed by atoms with E-state index in [1.807, 2.05) is 54.6 Å².